The molecule has 34 heavy (non-hydrogen) atoms. The van der Waals surface area contributed by atoms with Gasteiger partial charge in [0.25, 0.3) is 0 Å². The minimum absolute atomic E-state index is 0.00633. The van der Waals surface area contributed by atoms with E-state index in [1.54, 1.807) is 35.2 Å². The highest BCUT2D eigenvalue weighted by atomic mass is 79.9. The van der Waals surface area contributed by atoms with Gasteiger partial charge in [-0.05, 0) is 66.2 Å². The van der Waals surface area contributed by atoms with Crippen LogP contribution in [0.3, 0.4) is 0 Å². The Bertz CT molecular complexity index is 1200. The molecule has 2 amide bonds. The highest BCUT2D eigenvalue weighted by Gasteiger charge is 2.35. The number of anilines is 1. The fourth-order valence-electron chi connectivity index (χ4n) is 3.49. The second-order valence-electron chi connectivity index (χ2n) is 7.67. The minimum Gasteiger partial charge on any atom is -0.489 e. The van der Waals surface area contributed by atoms with Crippen LogP contribution < -0.4 is 15.1 Å². The Morgan fingerprint density at radius 1 is 1.18 bits per heavy atom. The fourth-order valence-corrected chi connectivity index (χ4v) is 3.97. The molecule has 1 atom stereocenters. The number of hydrogen-bond donors (Lipinski definition) is 1. The highest BCUT2D eigenvalue weighted by molar-refractivity contribution is 9.10. The molecule has 4 rings (SSSR count). The number of nitrogens with one attached hydrogen (secondary N) is 1. The fraction of sp³-hybridized carbons (Fsp3) is 0.160. The Labute approximate surface area is 209 Å². The summed E-state index contributed by atoms with van der Waals surface area (Å²) >= 11 is 9.38. The summed E-state index contributed by atoms with van der Waals surface area (Å²) in [5.74, 6) is -0.771. The van der Waals surface area contributed by atoms with E-state index in [0.29, 0.717) is 22.9 Å². The summed E-state index contributed by atoms with van der Waals surface area (Å²) in [6.07, 6.45) is 1.63. The first-order valence-corrected chi connectivity index (χ1v) is 11.6. The molecular formula is C25H20BrClFN3O3. The van der Waals surface area contributed by atoms with Crippen molar-refractivity contribution in [1.82, 2.24) is 5.43 Å². The third-order valence-electron chi connectivity index (χ3n) is 5.35. The number of hydrogen-bond acceptors (Lipinski definition) is 4. The lowest BCUT2D eigenvalue weighted by atomic mass is 10.1. The molecule has 3 aromatic rings. The molecule has 3 aromatic carbocycles. The molecule has 1 N–H and O–H groups in total. The number of carbonyl (C=O) groups excluding carboxylic acids is 2. The van der Waals surface area contributed by atoms with Gasteiger partial charge < -0.3 is 9.64 Å². The number of nitrogens with zero attached hydrogens (tertiary/aromatic N) is 2. The summed E-state index contributed by atoms with van der Waals surface area (Å²) in [6.45, 7) is 0.312. The molecule has 9 heteroatoms. The number of halogens is 3. The Kier molecular flexibility index (Phi) is 7.59. The first-order chi connectivity index (χ1) is 16.4. The normalized spacial score (nSPS) is 15.7. The third kappa shape index (κ3) is 5.81. The molecule has 0 saturated carbocycles. The van der Waals surface area contributed by atoms with Crippen LogP contribution in [0.1, 0.15) is 17.5 Å². The zero-order valence-electron chi connectivity index (χ0n) is 17.9. The molecule has 1 heterocycles. The lowest BCUT2D eigenvalue weighted by Gasteiger charge is -2.16. The minimum atomic E-state index is -0.478. The molecular weight excluding hydrogens is 525 g/mol. The van der Waals surface area contributed by atoms with Crippen molar-refractivity contribution in [2.45, 2.75) is 13.0 Å². The van der Waals surface area contributed by atoms with Gasteiger partial charge in [0.05, 0.1) is 17.2 Å². The maximum atomic E-state index is 13.8. The first kappa shape index (κ1) is 23.9. The molecule has 0 unspecified atom stereocenters. The molecule has 0 bridgehead atoms. The van der Waals surface area contributed by atoms with Crippen LogP contribution in [0.5, 0.6) is 5.75 Å². The van der Waals surface area contributed by atoms with E-state index in [9.17, 15) is 14.0 Å². The summed E-state index contributed by atoms with van der Waals surface area (Å²) in [5.41, 5.74) is 4.29. The summed E-state index contributed by atoms with van der Waals surface area (Å²) in [7, 11) is 0. The molecule has 1 saturated heterocycles. The van der Waals surface area contributed by atoms with Gasteiger partial charge in [-0.3, -0.25) is 9.59 Å². The molecule has 6 nitrogen and oxygen atoms in total. The van der Waals surface area contributed by atoms with Crippen molar-refractivity contribution in [1.29, 1.82) is 0 Å². The number of carbonyl (C=O) groups is 2. The number of benzene rings is 3. The zero-order chi connectivity index (χ0) is 24.1. The Balaban J connectivity index is 1.28. The van der Waals surface area contributed by atoms with Crippen molar-refractivity contribution >= 4 is 51.2 Å². The van der Waals surface area contributed by atoms with Crippen molar-refractivity contribution < 1.29 is 18.7 Å². The SMILES string of the molecule is O=C(N/N=C\c1ccc(OCc2c(F)cccc2Cl)cc1)[C@H]1CC(=O)N(c2ccc(Br)cc2)C1. The zero-order valence-corrected chi connectivity index (χ0v) is 20.2. The average Bonchev–Trinajstić information content (AvgIpc) is 3.22. The van der Waals surface area contributed by atoms with Crippen LogP contribution in [0.2, 0.25) is 5.02 Å². The van der Waals surface area contributed by atoms with Crippen LogP contribution in [0.25, 0.3) is 0 Å². The number of rotatable bonds is 7. The maximum Gasteiger partial charge on any atom is 0.245 e. The van der Waals surface area contributed by atoms with Crippen LogP contribution >= 0.6 is 27.5 Å². The average molecular weight is 545 g/mol. The van der Waals surface area contributed by atoms with Crippen LogP contribution in [-0.4, -0.2) is 24.6 Å². The van der Waals surface area contributed by atoms with Gasteiger partial charge in [-0.2, -0.15) is 5.10 Å². The number of hydrazone groups is 1. The monoisotopic (exact) mass is 543 g/mol. The smallest absolute Gasteiger partial charge is 0.245 e. The van der Waals surface area contributed by atoms with Crippen molar-refractivity contribution in [2.24, 2.45) is 11.0 Å². The third-order valence-corrected chi connectivity index (χ3v) is 6.23. The van der Waals surface area contributed by atoms with Crippen molar-refractivity contribution in [3.63, 3.8) is 0 Å². The van der Waals surface area contributed by atoms with E-state index in [0.717, 1.165) is 15.7 Å². The lowest BCUT2D eigenvalue weighted by Crippen LogP contribution is -2.30. The van der Waals surface area contributed by atoms with Gasteiger partial charge >= 0.3 is 0 Å². The van der Waals surface area contributed by atoms with Gasteiger partial charge in [-0.25, -0.2) is 9.82 Å². The van der Waals surface area contributed by atoms with Crippen LogP contribution in [0.15, 0.2) is 76.3 Å². The van der Waals surface area contributed by atoms with Crippen molar-refractivity contribution in [3.05, 3.63) is 93.2 Å². The predicted molar refractivity (Wildman–Crippen MR) is 133 cm³/mol. The Morgan fingerprint density at radius 2 is 1.91 bits per heavy atom. The van der Waals surface area contributed by atoms with Crippen LogP contribution in [0.4, 0.5) is 10.1 Å². The van der Waals surface area contributed by atoms with Gasteiger partial charge in [0.2, 0.25) is 11.8 Å². The van der Waals surface area contributed by atoms with E-state index >= 15 is 0 Å². The van der Waals surface area contributed by atoms with Gasteiger partial charge in [0.1, 0.15) is 18.2 Å². The quantitative estimate of drug-likeness (QED) is 0.323. The molecule has 1 aliphatic rings. The van der Waals surface area contributed by atoms with Crippen molar-refractivity contribution in [3.8, 4) is 5.75 Å². The van der Waals surface area contributed by atoms with E-state index in [4.69, 9.17) is 16.3 Å². The first-order valence-electron chi connectivity index (χ1n) is 10.5. The second kappa shape index (κ2) is 10.8. The van der Waals surface area contributed by atoms with Gasteiger partial charge in [0.15, 0.2) is 0 Å². The van der Waals surface area contributed by atoms with Gasteiger partial charge in [-0.1, -0.05) is 33.6 Å². The van der Waals surface area contributed by atoms with Crippen LogP contribution in [0, 0.1) is 11.7 Å². The molecule has 0 radical (unpaired) electrons. The lowest BCUT2D eigenvalue weighted by molar-refractivity contribution is -0.126. The molecule has 0 aromatic heterocycles. The maximum absolute atomic E-state index is 13.8. The topological polar surface area (TPSA) is 71.0 Å². The van der Waals surface area contributed by atoms with E-state index in [2.05, 4.69) is 26.5 Å². The molecule has 174 valence electrons. The summed E-state index contributed by atoms with van der Waals surface area (Å²) < 4.78 is 20.4. The standard InChI is InChI=1S/C25H20BrClFN3O3/c26-18-6-8-19(9-7-18)31-14-17(12-24(31)32)25(33)30-29-13-16-4-10-20(11-5-16)34-15-21-22(27)2-1-3-23(21)28/h1-11,13,17H,12,14-15H2,(H,30,33)/b29-13-/t17-/m0/s1. The molecule has 0 spiro atoms. The van der Waals surface area contributed by atoms with Gasteiger partial charge in [0, 0.05) is 28.7 Å². The van der Waals surface area contributed by atoms with E-state index < -0.39 is 11.7 Å². The summed E-state index contributed by atoms with van der Waals surface area (Å²) in [5, 5.41) is 4.31. The summed E-state index contributed by atoms with van der Waals surface area (Å²) in [4.78, 5) is 26.4. The Hall–Kier alpha value is -3.23. The largest absolute Gasteiger partial charge is 0.489 e. The van der Waals surface area contributed by atoms with E-state index in [-0.39, 0.29) is 24.8 Å². The number of ether oxygens (including phenoxy) is 1. The second-order valence-corrected chi connectivity index (χ2v) is 9.00. The van der Waals surface area contributed by atoms with E-state index in [1.807, 2.05) is 24.3 Å². The van der Waals surface area contributed by atoms with Gasteiger partial charge in [-0.15, -0.1) is 0 Å². The summed E-state index contributed by atoms with van der Waals surface area (Å²) in [6, 6.07) is 18.8. The molecule has 0 aliphatic carbocycles. The number of amides is 2. The predicted octanol–water partition coefficient (Wildman–Crippen LogP) is 5.32. The van der Waals surface area contributed by atoms with Crippen molar-refractivity contribution in [2.75, 3.05) is 11.4 Å². The Morgan fingerprint density at radius 3 is 2.62 bits per heavy atom. The molecule has 1 aliphatic heterocycles. The highest BCUT2D eigenvalue weighted by Crippen LogP contribution is 2.26. The molecule has 1 fully saturated rings. The van der Waals surface area contributed by atoms with Crippen LogP contribution in [-0.2, 0) is 16.2 Å². The van der Waals surface area contributed by atoms with E-state index in [1.165, 1.54) is 18.3 Å².